The van der Waals surface area contributed by atoms with E-state index in [1.807, 2.05) is 60.0 Å². The summed E-state index contributed by atoms with van der Waals surface area (Å²) >= 11 is 3.51. The van der Waals surface area contributed by atoms with Crippen LogP contribution in [-0.2, 0) is 16.1 Å². The van der Waals surface area contributed by atoms with E-state index in [9.17, 15) is 4.79 Å². The molecular formula is C20H22BrN3O2. The molecule has 0 unspecified atom stereocenters. The van der Waals surface area contributed by atoms with Crippen molar-refractivity contribution in [2.75, 3.05) is 19.8 Å². The molecule has 26 heavy (non-hydrogen) atoms. The molecular weight excluding hydrogens is 394 g/mol. The number of ether oxygens (including phenoxy) is 1. The molecule has 0 bridgehead atoms. The molecule has 1 amide bonds. The third kappa shape index (κ3) is 4.51. The summed E-state index contributed by atoms with van der Waals surface area (Å²) in [6.45, 7) is 4.17. The molecule has 5 nitrogen and oxygen atoms in total. The van der Waals surface area contributed by atoms with Crippen molar-refractivity contribution in [1.82, 2.24) is 14.9 Å². The number of imidazole rings is 1. The van der Waals surface area contributed by atoms with Crippen LogP contribution >= 0.6 is 15.9 Å². The van der Waals surface area contributed by atoms with E-state index in [0.717, 1.165) is 33.3 Å². The van der Waals surface area contributed by atoms with Crippen molar-refractivity contribution in [1.29, 1.82) is 0 Å². The Morgan fingerprint density at radius 3 is 2.88 bits per heavy atom. The first kappa shape index (κ1) is 18.6. The topological polar surface area (TPSA) is 56.1 Å². The summed E-state index contributed by atoms with van der Waals surface area (Å²) in [6.07, 6.45) is 0.808. The van der Waals surface area contributed by atoms with E-state index in [4.69, 9.17) is 9.72 Å². The summed E-state index contributed by atoms with van der Waals surface area (Å²) in [6, 6.07) is 15.8. The number of carbonyl (C=O) groups excluding carboxylic acids is 1. The van der Waals surface area contributed by atoms with Crippen LogP contribution in [0.3, 0.4) is 0 Å². The Morgan fingerprint density at radius 2 is 2.08 bits per heavy atom. The highest BCUT2D eigenvalue weighted by molar-refractivity contribution is 9.10. The van der Waals surface area contributed by atoms with Crippen LogP contribution in [-0.4, -0.2) is 35.2 Å². The van der Waals surface area contributed by atoms with Gasteiger partial charge in [0.1, 0.15) is 12.4 Å². The van der Waals surface area contributed by atoms with Crippen LogP contribution in [0.2, 0.25) is 0 Å². The normalized spacial score (nSPS) is 11.0. The number of fused-ring (bicyclic) bond motifs is 1. The van der Waals surface area contributed by atoms with Gasteiger partial charge in [0.05, 0.1) is 11.0 Å². The smallest absolute Gasteiger partial charge is 0.240 e. The number of amides is 1. The van der Waals surface area contributed by atoms with Crippen molar-refractivity contribution in [3.63, 3.8) is 0 Å². The first-order valence-corrected chi connectivity index (χ1v) is 9.54. The monoisotopic (exact) mass is 415 g/mol. The van der Waals surface area contributed by atoms with Crippen molar-refractivity contribution in [3.05, 3.63) is 53.0 Å². The summed E-state index contributed by atoms with van der Waals surface area (Å²) in [5, 5.41) is 2.96. The van der Waals surface area contributed by atoms with E-state index in [-0.39, 0.29) is 12.5 Å². The summed E-state index contributed by atoms with van der Waals surface area (Å²) in [5.41, 5.74) is 2.80. The number of carbonyl (C=O) groups is 1. The van der Waals surface area contributed by atoms with Crippen LogP contribution in [0.4, 0.5) is 0 Å². The number of hydrogen-bond acceptors (Lipinski definition) is 3. The van der Waals surface area contributed by atoms with Crippen LogP contribution in [0.15, 0.2) is 53.0 Å². The van der Waals surface area contributed by atoms with Gasteiger partial charge in [0.15, 0.2) is 0 Å². The van der Waals surface area contributed by atoms with Gasteiger partial charge in [0, 0.05) is 29.8 Å². The van der Waals surface area contributed by atoms with Gasteiger partial charge in [0.25, 0.3) is 0 Å². The highest BCUT2D eigenvalue weighted by Crippen LogP contribution is 2.26. The second-order valence-electron chi connectivity index (χ2n) is 5.92. The van der Waals surface area contributed by atoms with Gasteiger partial charge in [-0.2, -0.15) is 0 Å². The molecule has 0 saturated carbocycles. The van der Waals surface area contributed by atoms with E-state index >= 15 is 0 Å². The lowest BCUT2D eigenvalue weighted by molar-refractivity contribution is -0.121. The van der Waals surface area contributed by atoms with Gasteiger partial charge in [-0.15, -0.1) is 0 Å². The highest BCUT2D eigenvalue weighted by Gasteiger charge is 2.15. The molecule has 0 radical (unpaired) electrons. The largest absolute Gasteiger partial charge is 0.382 e. The average Bonchev–Trinajstić information content (AvgIpc) is 3.00. The Bertz CT molecular complexity index is 892. The van der Waals surface area contributed by atoms with Gasteiger partial charge in [-0.1, -0.05) is 40.2 Å². The second kappa shape index (κ2) is 8.96. The van der Waals surface area contributed by atoms with Crippen LogP contribution < -0.4 is 5.32 Å². The van der Waals surface area contributed by atoms with Gasteiger partial charge in [0.2, 0.25) is 5.91 Å². The van der Waals surface area contributed by atoms with Crippen LogP contribution in [0, 0.1) is 0 Å². The number of nitrogens with one attached hydrogen (secondary N) is 1. The van der Waals surface area contributed by atoms with Crippen LogP contribution in [0.25, 0.3) is 22.4 Å². The molecule has 0 aliphatic rings. The maximum Gasteiger partial charge on any atom is 0.240 e. The lowest BCUT2D eigenvalue weighted by Gasteiger charge is -2.10. The van der Waals surface area contributed by atoms with Crippen LogP contribution in [0.5, 0.6) is 0 Å². The van der Waals surface area contributed by atoms with Crippen molar-refractivity contribution >= 4 is 32.9 Å². The minimum absolute atomic E-state index is 0.0269. The summed E-state index contributed by atoms with van der Waals surface area (Å²) < 4.78 is 8.24. The Morgan fingerprint density at radius 1 is 1.23 bits per heavy atom. The number of para-hydroxylation sites is 2. The average molecular weight is 416 g/mol. The number of rotatable bonds is 8. The van der Waals surface area contributed by atoms with E-state index in [1.165, 1.54) is 0 Å². The first-order chi connectivity index (χ1) is 12.7. The minimum Gasteiger partial charge on any atom is -0.382 e. The van der Waals surface area contributed by atoms with E-state index in [0.29, 0.717) is 19.8 Å². The fourth-order valence-corrected chi connectivity index (χ4v) is 3.23. The molecule has 1 aromatic heterocycles. The molecule has 0 aliphatic heterocycles. The molecule has 0 aliphatic carbocycles. The SMILES string of the molecule is CCOCCCNC(=O)Cn1c(-c2cccc(Br)c2)nc2ccccc21. The minimum atomic E-state index is -0.0269. The zero-order chi connectivity index (χ0) is 18.4. The summed E-state index contributed by atoms with van der Waals surface area (Å²) in [4.78, 5) is 17.2. The number of benzene rings is 2. The summed E-state index contributed by atoms with van der Waals surface area (Å²) in [7, 11) is 0. The van der Waals surface area contributed by atoms with Crippen molar-refractivity contribution in [2.45, 2.75) is 19.9 Å². The fourth-order valence-electron chi connectivity index (χ4n) is 2.83. The van der Waals surface area contributed by atoms with Gasteiger partial charge in [-0.25, -0.2) is 4.98 Å². The first-order valence-electron chi connectivity index (χ1n) is 8.74. The summed E-state index contributed by atoms with van der Waals surface area (Å²) in [5.74, 6) is 0.762. The predicted octanol–water partition coefficient (Wildman–Crippen LogP) is 4.01. The number of aromatic nitrogens is 2. The number of halogens is 1. The maximum atomic E-state index is 12.4. The van der Waals surface area contributed by atoms with Crippen molar-refractivity contribution < 1.29 is 9.53 Å². The van der Waals surface area contributed by atoms with Crippen molar-refractivity contribution in [2.24, 2.45) is 0 Å². The highest BCUT2D eigenvalue weighted by atomic mass is 79.9. The van der Waals surface area contributed by atoms with Gasteiger partial charge in [-0.05, 0) is 37.6 Å². The quantitative estimate of drug-likeness (QED) is 0.565. The number of nitrogens with zero attached hydrogens (tertiary/aromatic N) is 2. The molecule has 0 fully saturated rings. The molecule has 0 spiro atoms. The number of hydrogen-bond donors (Lipinski definition) is 1. The second-order valence-corrected chi connectivity index (χ2v) is 6.84. The van der Waals surface area contributed by atoms with E-state index in [1.54, 1.807) is 0 Å². The van der Waals surface area contributed by atoms with E-state index < -0.39 is 0 Å². The Labute approximate surface area is 161 Å². The third-order valence-corrected chi connectivity index (χ3v) is 4.52. The lowest BCUT2D eigenvalue weighted by Crippen LogP contribution is -2.29. The molecule has 2 aromatic carbocycles. The zero-order valence-corrected chi connectivity index (χ0v) is 16.3. The molecule has 3 aromatic rings. The Kier molecular flexibility index (Phi) is 6.41. The lowest BCUT2D eigenvalue weighted by atomic mass is 10.2. The molecule has 1 heterocycles. The Balaban J connectivity index is 1.82. The zero-order valence-electron chi connectivity index (χ0n) is 14.7. The molecule has 0 saturated heterocycles. The van der Waals surface area contributed by atoms with Crippen LogP contribution in [0.1, 0.15) is 13.3 Å². The van der Waals surface area contributed by atoms with E-state index in [2.05, 4.69) is 21.2 Å². The van der Waals surface area contributed by atoms with Gasteiger partial charge in [-0.3, -0.25) is 4.79 Å². The third-order valence-electron chi connectivity index (χ3n) is 4.03. The van der Waals surface area contributed by atoms with Gasteiger partial charge >= 0.3 is 0 Å². The maximum absolute atomic E-state index is 12.4. The molecule has 6 heteroatoms. The standard InChI is InChI=1S/C20H22BrN3O2/c1-2-26-12-6-11-22-19(25)14-24-18-10-4-3-9-17(18)23-20(24)15-7-5-8-16(21)13-15/h3-5,7-10,13H,2,6,11-12,14H2,1H3,(H,22,25). The predicted molar refractivity (Wildman–Crippen MR) is 107 cm³/mol. The molecule has 136 valence electrons. The molecule has 3 rings (SSSR count). The molecule has 1 N–H and O–H groups in total. The van der Waals surface area contributed by atoms with Crippen molar-refractivity contribution in [3.8, 4) is 11.4 Å². The fraction of sp³-hybridized carbons (Fsp3) is 0.300. The Hall–Kier alpha value is -2.18. The van der Waals surface area contributed by atoms with Gasteiger partial charge < -0.3 is 14.6 Å². The molecule has 0 atom stereocenters.